The second-order valence-electron chi connectivity index (χ2n) is 3.93. The predicted octanol–water partition coefficient (Wildman–Crippen LogP) is 1.46. The number of rotatable bonds is 3. The van der Waals surface area contributed by atoms with E-state index >= 15 is 0 Å². The average molecular weight is 245 g/mol. The number of aromatic nitrogens is 2. The molecule has 1 atom stereocenters. The number of methoxy groups -OCH3 is 1. The van der Waals surface area contributed by atoms with Gasteiger partial charge in [-0.2, -0.15) is 0 Å². The van der Waals surface area contributed by atoms with Crippen molar-refractivity contribution in [1.82, 2.24) is 9.97 Å². The number of aryl methyl sites for hydroxylation is 1. The van der Waals surface area contributed by atoms with E-state index in [2.05, 4.69) is 9.97 Å². The van der Waals surface area contributed by atoms with E-state index in [-0.39, 0.29) is 0 Å². The molecule has 0 fully saturated rings. The molecule has 5 nitrogen and oxygen atoms in total. The molecular weight excluding hydrogens is 230 g/mol. The molecule has 0 bridgehead atoms. The number of pyridine rings is 2. The van der Waals surface area contributed by atoms with E-state index < -0.39 is 6.10 Å². The highest BCUT2D eigenvalue weighted by Crippen LogP contribution is 2.27. The molecule has 0 aliphatic carbocycles. The third-order valence-electron chi connectivity index (χ3n) is 2.75. The Hall–Kier alpha value is -2.14. The molecule has 0 radical (unpaired) electrons. The SMILES string of the molecule is COc1cccc(C(O)c2c(C)ccnc2N)n1. The second-order valence-corrected chi connectivity index (χ2v) is 3.93. The summed E-state index contributed by atoms with van der Waals surface area (Å²) in [5.41, 5.74) is 7.74. The first kappa shape index (κ1) is 12.3. The summed E-state index contributed by atoms with van der Waals surface area (Å²) >= 11 is 0. The molecule has 2 heterocycles. The fourth-order valence-electron chi connectivity index (χ4n) is 1.79. The van der Waals surface area contributed by atoms with Crippen molar-refractivity contribution in [3.05, 3.63) is 47.3 Å². The van der Waals surface area contributed by atoms with Gasteiger partial charge in [-0.1, -0.05) is 6.07 Å². The lowest BCUT2D eigenvalue weighted by Gasteiger charge is -2.15. The maximum Gasteiger partial charge on any atom is 0.213 e. The van der Waals surface area contributed by atoms with Crippen molar-refractivity contribution >= 4 is 5.82 Å². The number of anilines is 1. The van der Waals surface area contributed by atoms with Gasteiger partial charge in [0.1, 0.15) is 11.9 Å². The summed E-state index contributed by atoms with van der Waals surface area (Å²) in [5.74, 6) is 0.763. The van der Waals surface area contributed by atoms with E-state index in [1.807, 2.05) is 6.92 Å². The minimum atomic E-state index is -0.909. The molecule has 3 N–H and O–H groups in total. The first-order valence-corrected chi connectivity index (χ1v) is 5.53. The van der Waals surface area contributed by atoms with Crippen molar-refractivity contribution in [3.8, 4) is 5.88 Å². The van der Waals surface area contributed by atoms with Gasteiger partial charge in [-0.05, 0) is 24.6 Å². The molecule has 2 aromatic heterocycles. The maximum atomic E-state index is 10.3. The number of nitrogens with zero attached hydrogens (tertiary/aromatic N) is 2. The van der Waals surface area contributed by atoms with Crippen molar-refractivity contribution in [3.63, 3.8) is 0 Å². The van der Waals surface area contributed by atoms with Crippen LogP contribution in [0.15, 0.2) is 30.5 Å². The van der Waals surface area contributed by atoms with Crippen molar-refractivity contribution in [1.29, 1.82) is 0 Å². The lowest BCUT2D eigenvalue weighted by molar-refractivity contribution is 0.213. The van der Waals surface area contributed by atoms with Gasteiger partial charge in [0.25, 0.3) is 0 Å². The van der Waals surface area contributed by atoms with Crippen molar-refractivity contribution in [2.75, 3.05) is 12.8 Å². The molecular formula is C13H15N3O2. The number of aliphatic hydroxyl groups is 1. The lowest BCUT2D eigenvalue weighted by atomic mass is 10.0. The summed E-state index contributed by atoms with van der Waals surface area (Å²) in [6.45, 7) is 1.87. The highest BCUT2D eigenvalue weighted by molar-refractivity contribution is 5.48. The molecule has 0 aromatic carbocycles. The standard InChI is InChI=1S/C13H15N3O2/c1-8-6-7-15-13(14)11(8)12(17)9-4-3-5-10(16-9)18-2/h3-7,12,17H,1-2H3,(H2,14,15). The van der Waals surface area contributed by atoms with E-state index in [1.165, 1.54) is 7.11 Å². The number of nitrogens with two attached hydrogens (primary N) is 1. The number of aliphatic hydroxyl groups excluding tert-OH is 1. The fraction of sp³-hybridized carbons (Fsp3) is 0.231. The molecule has 94 valence electrons. The molecule has 0 aliphatic heterocycles. The number of hydrogen-bond acceptors (Lipinski definition) is 5. The van der Waals surface area contributed by atoms with Crippen LogP contribution in [-0.4, -0.2) is 22.2 Å². The quantitative estimate of drug-likeness (QED) is 0.855. The highest BCUT2D eigenvalue weighted by Gasteiger charge is 2.18. The van der Waals surface area contributed by atoms with Crippen molar-refractivity contribution in [2.24, 2.45) is 0 Å². The Labute approximate surface area is 105 Å². The molecule has 2 rings (SSSR count). The van der Waals surface area contributed by atoms with Gasteiger partial charge >= 0.3 is 0 Å². The molecule has 5 heteroatoms. The molecule has 0 spiro atoms. The Morgan fingerprint density at radius 2 is 2.11 bits per heavy atom. The van der Waals surface area contributed by atoms with Crippen LogP contribution in [-0.2, 0) is 0 Å². The molecule has 0 amide bonds. The van der Waals surface area contributed by atoms with Gasteiger partial charge in [0.2, 0.25) is 5.88 Å². The van der Waals surface area contributed by atoms with Crippen LogP contribution in [0.4, 0.5) is 5.82 Å². The van der Waals surface area contributed by atoms with E-state index in [0.717, 1.165) is 5.56 Å². The molecule has 0 saturated carbocycles. The third kappa shape index (κ3) is 2.26. The average Bonchev–Trinajstić information content (AvgIpc) is 2.38. The summed E-state index contributed by atoms with van der Waals surface area (Å²) < 4.78 is 5.03. The smallest absolute Gasteiger partial charge is 0.213 e. The largest absolute Gasteiger partial charge is 0.481 e. The van der Waals surface area contributed by atoms with Crippen LogP contribution < -0.4 is 10.5 Å². The van der Waals surface area contributed by atoms with Crippen LogP contribution in [0.2, 0.25) is 0 Å². The Bertz CT molecular complexity index is 537. The third-order valence-corrected chi connectivity index (χ3v) is 2.75. The minimum Gasteiger partial charge on any atom is -0.481 e. The Morgan fingerprint density at radius 1 is 1.33 bits per heavy atom. The Balaban J connectivity index is 2.44. The second kappa shape index (κ2) is 5.01. The zero-order chi connectivity index (χ0) is 13.1. The molecule has 0 aliphatic rings. The van der Waals surface area contributed by atoms with E-state index in [9.17, 15) is 5.11 Å². The van der Waals surface area contributed by atoms with Crippen LogP contribution in [0.25, 0.3) is 0 Å². The summed E-state index contributed by atoms with van der Waals surface area (Å²) in [6, 6.07) is 7.01. The van der Waals surface area contributed by atoms with Crippen LogP contribution in [0.5, 0.6) is 5.88 Å². The summed E-state index contributed by atoms with van der Waals surface area (Å²) in [6.07, 6.45) is 0.702. The van der Waals surface area contributed by atoms with Gasteiger partial charge in [0.05, 0.1) is 12.8 Å². The van der Waals surface area contributed by atoms with Gasteiger partial charge in [0.15, 0.2) is 0 Å². The first-order valence-electron chi connectivity index (χ1n) is 5.53. The van der Waals surface area contributed by atoms with Crippen LogP contribution in [0.3, 0.4) is 0 Å². The predicted molar refractivity (Wildman–Crippen MR) is 68.2 cm³/mol. The lowest BCUT2D eigenvalue weighted by Crippen LogP contribution is -2.09. The maximum absolute atomic E-state index is 10.3. The molecule has 0 saturated heterocycles. The van der Waals surface area contributed by atoms with Gasteiger partial charge in [-0.15, -0.1) is 0 Å². The van der Waals surface area contributed by atoms with Gasteiger partial charge < -0.3 is 15.6 Å². The van der Waals surface area contributed by atoms with Crippen molar-refractivity contribution < 1.29 is 9.84 Å². The van der Waals surface area contributed by atoms with Gasteiger partial charge in [-0.3, -0.25) is 0 Å². The monoisotopic (exact) mass is 245 g/mol. The Kier molecular flexibility index (Phi) is 3.43. The summed E-state index contributed by atoms with van der Waals surface area (Å²) in [7, 11) is 1.53. The topological polar surface area (TPSA) is 81.3 Å². The summed E-state index contributed by atoms with van der Waals surface area (Å²) in [5, 5.41) is 10.3. The zero-order valence-corrected chi connectivity index (χ0v) is 10.3. The highest BCUT2D eigenvalue weighted by atomic mass is 16.5. The normalized spacial score (nSPS) is 12.2. The zero-order valence-electron chi connectivity index (χ0n) is 10.3. The molecule has 18 heavy (non-hydrogen) atoms. The van der Waals surface area contributed by atoms with Gasteiger partial charge in [0, 0.05) is 17.8 Å². The molecule has 2 aromatic rings. The van der Waals surface area contributed by atoms with Crippen LogP contribution in [0, 0.1) is 6.92 Å². The van der Waals surface area contributed by atoms with E-state index in [0.29, 0.717) is 23.0 Å². The fourth-order valence-corrected chi connectivity index (χ4v) is 1.79. The van der Waals surface area contributed by atoms with E-state index in [4.69, 9.17) is 10.5 Å². The summed E-state index contributed by atoms with van der Waals surface area (Å²) in [4.78, 5) is 8.18. The number of ether oxygens (including phenoxy) is 1. The van der Waals surface area contributed by atoms with Crippen molar-refractivity contribution in [2.45, 2.75) is 13.0 Å². The van der Waals surface area contributed by atoms with Crippen LogP contribution in [0.1, 0.15) is 22.9 Å². The Morgan fingerprint density at radius 3 is 2.78 bits per heavy atom. The minimum absolute atomic E-state index is 0.312. The molecule has 1 unspecified atom stereocenters. The van der Waals surface area contributed by atoms with E-state index in [1.54, 1.807) is 30.5 Å². The first-order chi connectivity index (χ1) is 8.63. The number of hydrogen-bond donors (Lipinski definition) is 2. The van der Waals surface area contributed by atoms with Gasteiger partial charge in [-0.25, -0.2) is 9.97 Å². The van der Waals surface area contributed by atoms with Crippen LogP contribution >= 0.6 is 0 Å². The number of nitrogen functional groups attached to an aromatic ring is 1.